The highest BCUT2D eigenvalue weighted by Gasteiger charge is 2.51. The van der Waals surface area contributed by atoms with Crippen LogP contribution in [0.2, 0.25) is 0 Å². The zero-order valence-electron chi connectivity index (χ0n) is 23.2. The Hall–Kier alpha value is -3.23. The molecule has 0 saturated carbocycles. The van der Waals surface area contributed by atoms with E-state index in [4.69, 9.17) is 9.47 Å². The van der Waals surface area contributed by atoms with Gasteiger partial charge >= 0.3 is 11.9 Å². The summed E-state index contributed by atoms with van der Waals surface area (Å²) in [6, 6.07) is 6.79. The lowest BCUT2D eigenvalue weighted by Crippen LogP contribution is -2.30. The van der Waals surface area contributed by atoms with E-state index in [9.17, 15) is 18.0 Å². The number of allylic oxidation sites excluding steroid dienone is 2. The van der Waals surface area contributed by atoms with Crippen LogP contribution in [0.5, 0.6) is 0 Å². The first-order valence-electron chi connectivity index (χ1n) is 13.2. The summed E-state index contributed by atoms with van der Waals surface area (Å²) in [5.74, 6) is -1.59. The van der Waals surface area contributed by atoms with Crippen LogP contribution in [0.15, 0.2) is 87.9 Å². The Labute approximate surface area is 230 Å². The topological polar surface area (TPSA) is 90.0 Å². The minimum Gasteiger partial charge on any atom is -0.451 e. The molecule has 7 nitrogen and oxygen atoms in total. The molecule has 0 aromatic heterocycles. The predicted octanol–water partition coefficient (Wildman–Crippen LogP) is 4.96. The van der Waals surface area contributed by atoms with E-state index in [0.717, 1.165) is 5.56 Å². The van der Waals surface area contributed by atoms with Gasteiger partial charge in [-0.25, -0.2) is 18.0 Å². The zero-order chi connectivity index (χ0) is 28.5. The van der Waals surface area contributed by atoms with Gasteiger partial charge in [-0.1, -0.05) is 43.0 Å². The third kappa shape index (κ3) is 4.43. The van der Waals surface area contributed by atoms with Gasteiger partial charge in [0, 0.05) is 47.2 Å². The summed E-state index contributed by atoms with van der Waals surface area (Å²) in [5.41, 5.74) is 2.90. The van der Waals surface area contributed by atoms with Gasteiger partial charge in [0.15, 0.2) is 0 Å². The number of sulfonamides is 1. The van der Waals surface area contributed by atoms with Gasteiger partial charge in [0.25, 0.3) is 0 Å². The van der Waals surface area contributed by atoms with Crippen molar-refractivity contribution in [1.29, 1.82) is 0 Å². The average molecular weight is 550 g/mol. The van der Waals surface area contributed by atoms with Gasteiger partial charge in [-0.2, -0.15) is 4.31 Å². The summed E-state index contributed by atoms with van der Waals surface area (Å²) in [4.78, 5) is 26.1. The molecule has 5 rings (SSSR count). The lowest BCUT2D eigenvalue weighted by atomic mass is 9.73. The average Bonchev–Trinajstić information content (AvgIpc) is 3.45. The van der Waals surface area contributed by atoms with Gasteiger partial charge in [-0.3, -0.25) is 0 Å². The number of cyclic esters (lactones) is 2. The number of ether oxygens (including phenoxy) is 2. The third-order valence-electron chi connectivity index (χ3n) is 8.29. The van der Waals surface area contributed by atoms with Crippen LogP contribution in [-0.4, -0.2) is 49.0 Å². The van der Waals surface area contributed by atoms with Crippen molar-refractivity contribution < 1.29 is 27.5 Å². The number of hydrogen-bond acceptors (Lipinski definition) is 6. The number of carbonyl (C=O) groups excluding carboxylic acids is 2. The van der Waals surface area contributed by atoms with Gasteiger partial charge in [0.05, 0.1) is 4.90 Å². The van der Waals surface area contributed by atoms with Crippen LogP contribution in [0, 0.1) is 18.8 Å². The first-order chi connectivity index (χ1) is 18.1. The first-order valence-corrected chi connectivity index (χ1v) is 14.6. The highest BCUT2D eigenvalue weighted by atomic mass is 32.2. The van der Waals surface area contributed by atoms with E-state index in [0.29, 0.717) is 46.3 Å². The van der Waals surface area contributed by atoms with Crippen LogP contribution in [0.25, 0.3) is 0 Å². The van der Waals surface area contributed by atoms with Crippen molar-refractivity contribution in [2.75, 3.05) is 13.1 Å². The quantitative estimate of drug-likeness (QED) is 0.383. The van der Waals surface area contributed by atoms with Gasteiger partial charge in [0.2, 0.25) is 10.0 Å². The third-order valence-corrected chi connectivity index (χ3v) is 10.1. The van der Waals surface area contributed by atoms with Gasteiger partial charge in [-0.05, 0) is 70.7 Å². The highest BCUT2D eigenvalue weighted by Crippen LogP contribution is 2.50. The number of rotatable bonds is 2. The molecule has 0 bridgehead atoms. The van der Waals surface area contributed by atoms with Crippen molar-refractivity contribution in [3.63, 3.8) is 0 Å². The zero-order valence-corrected chi connectivity index (χ0v) is 24.0. The van der Waals surface area contributed by atoms with E-state index in [-0.39, 0.29) is 29.8 Å². The number of carbonyl (C=O) groups is 2. The summed E-state index contributed by atoms with van der Waals surface area (Å²) in [5, 5.41) is 0. The first kappa shape index (κ1) is 27.3. The molecule has 8 heteroatoms. The fourth-order valence-corrected chi connectivity index (χ4v) is 7.95. The molecule has 3 aliphatic heterocycles. The molecule has 39 heavy (non-hydrogen) atoms. The predicted molar refractivity (Wildman–Crippen MR) is 148 cm³/mol. The number of nitrogens with zero attached hydrogens (tertiary/aromatic N) is 1. The number of aryl methyl sites for hydroxylation is 1. The Kier molecular flexibility index (Phi) is 6.43. The number of fused-ring (bicyclic) bond motifs is 1. The monoisotopic (exact) mass is 549 g/mol. The molecule has 2 atom stereocenters. The number of benzene rings is 1. The van der Waals surface area contributed by atoms with Crippen molar-refractivity contribution in [2.45, 2.75) is 63.6 Å². The molecule has 206 valence electrons. The SMILES string of the molecule is C=C1C2=C(C/C=C\CC3=C(C(=C)[C@@H]4CN(S(=O)(=O)c5ccc(C)cc5)C[C@H]14)C(C)(C)OC3=O)C(=O)OC2(C)C. The van der Waals surface area contributed by atoms with Crippen LogP contribution in [0.1, 0.15) is 46.1 Å². The Morgan fingerprint density at radius 2 is 1.21 bits per heavy atom. The van der Waals surface area contributed by atoms with Gasteiger partial charge in [-0.15, -0.1) is 0 Å². The molecule has 0 radical (unpaired) electrons. The minimum atomic E-state index is -3.83. The van der Waals surface area contributed by atoms with Crippen LogP contribution in [0.3, 0.4) is 0 Å². The summed E-state index contributed by atoms with van der Waals surface area (Å²) in [7, 11) is -3.83. The number of esters is 2. The summed E-state index contributed by atoms with van der Waals surface area (Å²) in [6.07, 6.45) is 4.36. The summed E-state index contributed by atoms with van der Waals surface area (Å²) < 4.78 is 40.6. The van der Waals surface area contributed by atoms with Crippen molar-refractivity contribution in [3.8, 4) is 0 Å². The smallest absolute Gasteiger partial charge is 0.335 e. The fourth-order valence-electron chi connectivity index (χ4n) is 6.45. The van der Waals surface area contributed by atoms with Gasteiger partial charge in [0.1, 0.15) is 11.2 Å². The lowest BCUT2D eigenvalue weighted by Gasteiger charge is -2.32. The van der Waals surface area contributed by atoms with E-state index in [1.165, 1.54) is 4.31 Å². The molecular formula is C31H35NO6S. The Bertz CT molecular complexity index is 1430. The molecule has 0 unspecified atom stereocenters. The van der Waals surface area contributed by atoms with E-state index in [2.05, 4.69) is 13.2 Å². The second kappa shape index (κ2) is 9.17. The maximum absolute atomic E-state index is 13.8. The molecule has 3 heterocycles. The molecule has 1 fully saturated rings. The Morgan fingerprint density at radius 1 is 0.795 bits per heavy atom. The van der Waals surface area contributed by atoms with E-state index >= 15 is 0 Å². The molecule has 1 saturated heterocycles. The van der Waals surface area contributed by atoms with E-state index in [1.807, 2.05) is 46.8 Å². The molecule has 1 aromatic rings. The van der Waals surface area contributed by atoms with Crippen molar-refractivity contribution in [3.05, 3.63) is 88.6 Å². The van der Waals surface area contributed by atoms with Crippen LogP contribution < -0.4 is 0 Å². The Balaban J connectivity index is 1.66. The highest BCUT2D eigenvalue weighted by molar-refractivity contribution is 7.89. The van der Waals surface area contributed by atoms with E-state index in [1.54, 1.807) is 24.3 Å². The fraction of sp³-hybridized carbons (Fsp3) is 0.419. The molecule has 1 aliphatic carbocycles. The molecule has 0 N–H and O–H groups in total. The maximum Gasteiger partial charge on any atom is 0.335 e. The molecule has 4 aliphatic rings. The standard InChI is InChI=1S/C31H35NO6S/c1-18-12-14-21(15-13-18)39(35,36)32-16-24-19(2)26-22(28(33)37-30(26,4)5)10-8-9-11-23-27(20(3)25(24)17-32)31(6,7)38-29(23)34/h8-9,12-15,24-25H,2-3,10-11,16-17H2,1,4-7H3/b9-8-/t24-,25+. The largest absolute Gasteiger partial charge is 0.451 e. The van der Waals surface area contributed by atoms with Crippen LogP contribution in [0.4, 0.5) is 0 Å². The number of hydrogen-bond donors (Lipinski definition) is 0. The maximum atomic E-state index is 13.8. The van der Waals surface area contributed by atoms with Gasteiger partial charge < -0.3 is 9.47 Å². The minimum absolute atomic E-state index is 0.160. The second-order valence-corrected chi connectivity index (χ2v) is 13.7. The summed E-state index contributed by atoms with van der Waals surface area (Å²) in [6.45, 7) is 18.4. The van der Waals surface area contributed by atoms with E-state index < -0.39 is 33.2 Å². The lowest BCUT2D eigenvalue weighted by molar-refractivity contribution is -0.145. The summed E-state index contributed by atoms with van der Waals surface area (Å²) >= 11 is 0. The van der Waals surface area contributed by atoms with Crippen molar-refractivity contribution >= 4 is 22.0 Å². The molecule has 0 spiro atoms. The molecular weight excluding hydrogens is 514 g/mol. The normalized spacial score (nSPS) is 27.8. The Morgan fingerprint density at radius 3 is 1.62 bits per heavy atom. The molecule has 1 aromatic carbocycles. The van der Waals surface area contributed by atoms with Crippen LogP contribution in [-0.2, 0) is 29.1 Å². The second-order valence-electron chi connectivity index (χ2n) is 11.8. The van der Waals surface area contributed by atoms with Crippen molar-refractivity contribution in [2.24, 2.45) is 11.8 Å². The van der Waals surface area contributed by atoms with Crippen LogP contribution >= 0.6 is 0 Å². The van der Waals surface area contributed by atoms with Crippen molar-refractivity contribution in [1.82, 2.24) is 4.31 Å². The molecule has 0 amide bonds.